The van der Waals surface area contributed by atoms with Crippen molar-refractivity contribution in [1.82, 2.24) is 0 Å². The van der Waals surface area contributed by atoms with Crippen LogP contribution in [0.1, 0.15) is 121 Å². The maximum atomic E-state index is 12.4. The lowest BCUT2D eigenvalue weighted by Crippen LogP contribution is -2.23. The lowest BCUT2D eigenvalue weighted by atomic mass is 9.99. The van der Waals surface area contributed by atoms with E-state index in [0.717, 1.165) is 44.8 Å². The van der Waals surface area contributed by atoms with Gasteiger partial charge in [0.25, 0.3) is 0 Å². The molecule has 5 heteroatoms. The number of esters is 1. The molecule has 0 N–H and O–H groups in total. The van der Waals surface area contributed by atoms with E-state index in [2.05, 4.69) is 34.6 Å². The fourth-order valence-electron chi connectivity index (χ4n) is 5.75. The molecule has 2 aromatic carbocycles. The van der Waals surface area contributed by atoms with Gasteiger partial charge in [-0.2, -0.15) is 0 Å². The Morgan fingerprint density at radius 3 is 1.79 bits per heavy atom. The summed E-state index contributed by atoms with van der Waals surface area (Å²) in [5.74, 6) is 2.91. The SMILES string of the molecule is CCCCCCCCCCCCOc1ccc(C(=O)Oc2ccc(C[C@@H](C)CC)cc2)cc1.C[C@@H]1CO[C@H]2[C@@H]1OC[C@@H]2C. The summed E-state index contributed by atoms with van der Waals surface area (Å²) in [7, 11) is 0. The Labute approximate surface area is 262 Å². The minimum absolute atomic E-state index is 0.342. The molecule has 0 spiro atoms. The summed E-state index contributed by atoms with van der Waals surface area (Å²) < 4.78 is 22.5. The van der Waals surface area contributed by atoms with Crippen molar-refractivity contribution >= 4 is 5.97 Å². The summed E-state index contributed by atoms with van der Waals surface area (Å²) >= 11 is 0. The van der Waals surface area contributed by atoms with Crippen LogP contribution < -0.4 is 9.47 Å². The number of carbonyl (C=O) groups is 1. The number of hydrogen-bond donors (Lipinski definition) is 0. The van der Waals surface area contributed by atoms with Crippen LogP contribution in [0.4, 0.5) is 0 Å². The molecular weight excluding hydrogens is 536 g/mol. The van der Waals surface area contributed by atoms with Crippen LogP contribution in [-0.2, 0) is 15.9 Å². The van der Waals surface area contributed by atoms with E-state index in [1.54, 1.807) is 12.1 Å². The molecule has 0 radical (unpaired) electrons. The Balaban J connectivity index is 0.000000420. The molecule has 2 saturated heterocycles. The zero-order valence-electron chi connectivity index (χ0n) is 27.7. The van der Waals surface area contributed by atoms with Gasteiger partial charge in [-0.05, 0) is 60.7 Å². The number of ether oxygens (including phenoxy) is 4. The van der Waals surface area contributed by atoms with Crippen molar-refractivity contribution in [3.8, 4) is 11.5 Å². The number of unbranched alkanes of at least 4 members (excludes halogenated alkanes) is 9. The van der Waals surface area contributed by atoms with Crippen LogP contribution in [0.2, 0.25) is 0 Å². The van der Waals surface area contributed by atoms with Gasteiger partial charge in [-0.25, -0.2) is 4.79 Å². The van der Waals surface area contributed by atoms with E-state index in [-0.39, 0.29) is 5.97 Å². The quantitative estimate of drug-likeness (QED) is 0.104. The van der Waals surface area contributed by atoms with Gasteiger partial charge in [0.15, 0.2) is 0 Å². The lowest BCUT2D eigenvalue weighted by molar-refractivity contribution is 0.0627. The fraction of sp³-hybridized carbons (Fsp3) is 0.658. The van der Waals surface area contributed by atoms with Gasteiger partial charge in [0.05, 0.1) is 37.6 Å². The fourth-order valence-corrected chi connectivity index (χ4v) is 5.75. The molecule has 0 saturated carbocycles. The topological polar surface area (TPSA) is 54.0 Å². The molecule has 0 aromatic heterocycles. The molecule has 4 rings (SSSR count). The van der Waals surface area contributed by atoms with E-state index in [1.165, 1.54) is 63.4 Å². The second-order valence-corrected chi connectivity index (χ2v) is 12.9. The molecule has 2 heterocycles. The van der Waals surface area contributed by atoms with Gasteiger partial charge in [-0.15, -0.1) is 0 Å². The highest BCUT2D eigenvalue weighted by Crippen LogP contribution is 2.33. The standard InChI is InChI=1S/C30H44O3.C8H14O2/c1-4-6-7-8-9-10-11-12-13-14-23-32-28-21-17-27(18-22-28)30(31)33-29-19-15-26(16-20-29)24-25(3)5-2;1-5-3-9-8-6(2)4-10-7(5)8/h15-22,25H,4-14,23-24H2,1-3H3;5-8H,3-4H2,1-2H3/t25-;5-,6+,7-,8-/m01/s1. The molecule has 5 nitrogen and oxygen atoms in total. The molecule has 5 atom stereocenters. The summed E-state index contributed by atoms with van der Waals surface area (Å²) in [6, 6.07) is 15.1. The maximum absolute atomic E-state index is 12.4. The molecule has 2 aliphatic heterocycles. The van der Waals surface area contributed by atoms with E-state index in [9.17, 15) is 4.79 Å². The van der Waals surface area contributed by atoms with Crippen LogP contribution in [-0.4, -0.2) is 38.0 Å². The second kappa shape index (κ2) is 19.8. The van der Waals surface area contributed by atoms with Crippen LogP contribution in [0.15, 0.2) is 48.5 Å². The molecular formula is C38H58O5. The molecule has 2 fully saturated rings. The second-order valence-electron chi connectivity index (χ2n) is 12.9. The maximum Gasteiger partial charge on any atom is 0.343 e. The van der Waals surface area contributed by atoms with Crippen molar-refractivity contribution in [2.75, 3.05) is 19.8 Å². The third-order valence-electron chi connectivity index (χ3n) is 8.82. The predicted octanol–water partition coefficient (Wildman–Crippen LogP) is 9.85. The van der Waals surface area contributed by atoms with Crippen LogP contribution in [0.25, 0.3) is 0 Å². The molecule has 0 unspecified atom stereocenters. The van der Waals surface area contributed by atoms with Gasteiger partial charge in [0, 0.05) is 11.8 Å². The van der Waals surface area contributed by atoms with E-state index < -0.39 is 0 Å². The summed E-state index contributed by atoms with van der Waals surface area (Å²) in [4.78, 5) is 12.4. The van der Waals surface area contributed by atoms with Crippen molar-refractivity contribution in [1.29, 1.82) is 0 Å². The number of benzene rings is 2. The highest BCUT2D eigenvalue weighted by atomic mass is 16.6. The van der Waals surface area contributed by atoms with E-state index in [1.807, 2.05) is 36.4 Å². The largest absolute Gasteiger partial charge is 0.494 e. The van der Waals surface area contributed by atoms with Crippen molar-refractivity contribution in [2.24, 2.45) is 17.8 Å². The average Bonchev–Trinajstić information content (AvgIpc) is 3.59. The van der Waals surface area contributed by atoms with Crippen LogP contribution in [0.3, 0.4) is 0 Å². The predicted molar refractivity (Wildman–Crippen MR) is 176 cm³/mol. The molecule has 0 aliphatic carbocycles. The van der Waals surface area contributed by atoms with Crippen LogP contribution >= 0.6 is 0 Å². The highest BCUT2D eigenvalue weighted by Gasteiger charge is 2.43. The zero-order valence-corrected chi connectivity index (χ0v) is 27.7. The number of carbonyl (C=O) groups excluding carboxylic acids is 1. The smallest absolute Gasteiger partial charge is 0.343 e. The summed E-state index contributed by atoms with van der Waals surface area (Å²) in [5, 5.41) is 0. The molecule has 2 aromatic rings. The van der Waals surface area contributed by atoms with E-state index >= 15 is 0 Å². The first-order valence-electron chi connectivity index (χ1n) is 17.2. The normalized spacial score (nSPS) is 21.5. The van der Waals surface area contributed by atoms with Gasteiger partial charge in [0.2, 0.25) is 0 Å². The molecule has 43 heavy (non-hydrogen) atoms. The molecule has 0 amide bonds. The minimum Gasteiger partial charge on any atom is -0.494 e. The van der Waals surface area contributed by atoms with Crippen LogP contribution in [0, 0.1) is 17.8 Å². The molecule has 0 bridgehead atoms. The average molecular weight is 595 g/mol. The number of rotatable bonds is 17. The summed E-state index contributed by atoms with van der Waals surface area (Å²) in [5.41, 5.74) is 1.80. The number of hydrogen-bond acceptors (Lipinski definition) is 5. The lowest BCUT2D eigenvalue weighted by Gasteiger charge is -2.10. The molecule has 240 valence electrons. The van der Waals surface area contributed by atoms with Gasteiger partial charge >= 0.3 is 5.97 Å². The third-order valence-corrected chi connectivity index (χ3v) is 8.82. The Morgan fingerprint density at radius 1 is 0.744 bits per heavy atom. The summed E-state index contributed by atoms with van der Waals surface area (Å²) in [6.07, 6.45) is 16.2. The Bertz CT molecular complexity index is 1000. The minimum atomic E-state index is -0.342. The van der Waals surface area contributed by atoms with Crippen molar-refractivity contribution in [2.45, 2.75) is 124 Å². The third kappa shape index (κ3) is 12.6. The van der Waals surface area contributed by atoms with Crippen molar-refractivity contribution in [3.63, 3.8) is 0 Å². The van der Waals surface area contributed by atoms with Gasteiger partial charge < -0.3 is 18.9 Å². The van der Waals surface area contributed by atoms with Crippen LogP contribution in [0.5, 0.6) is 11.5 Å². The first kappa shape index (κ1) is 35.1. The van der Waals surface area contributed by atoms with Crippen molar-refractivity contribution < 1.29 is 23.7 Å². The first-order valence-corrected chi connectivity index (χ1v) is 17.2. The van der Waals surface area contributed by atoms with Gasteiger partial charge in [-0.1, -0.05) is 111 Å². The molecule has 2 aliphatic rings. The van der Waals surface area contributed by atoms with Gasteiger partial charge in [-0.3, -0.25) is 0 Å². The Kier molecular flexibility index (Phi) is 16.2. The van der Waals surface area contributed by atoms with E-state index in [0.29, 0.717) is 41.3 Å². The summed E-state index contributed by atoms with van der Waals surface area (Å²) in [6.45, 7) is 13.6. The Hall–Kier alpha value is -2.37. The Morgan fingerprint density at radius 2 is 1.26 bits per heavy atom. The van der Waals surface area contributed by atoms with E-state index in [4.69, 9.17) is 18.9 Å². The number of fused-ring (bicyclic) bond motifs is 1. The first-order chi connectivity index (χ1) is 20.9. The van der Waals surface area contributed by atoms with Crippen molar-refractivity contribution in [3.05, 3.63) is 59.7 Å². The zero-order chi connectivity index (χ0) is 30.9. The highest BCUT2D eigenvalue weighted by molar-refractivity contribution is 5.91. The monoisotopic (exact) mass is 594 g/mol. The van der Waals surface area contributed by atoms with Gasteiger partial charge in [0.1, 0.15) is 11.5 Å².